The van der Waals surface area contributed by atoms with E-state index in [1.165, 1.54) is 5.56 Å². The van der Waals surface area contributed by atoms with Crippen molar-refractivity contribution in [2.24, 2.45) is 13.0 Å². The van der Waals surface area contributed by atoms with Crippen LogP contribution in [-0.2, 0) is 13.5 Å². The summed E-state index contributed by atoms with van der Waals surface area (Å²) in [7, 11) is 1.94. The van der Waals surface area contributed by atoms with Gasteiger partial charge in [0.15, 0.2) is 0 Å². The Labute approximate surface area is 97.7 Å². The first-order valence-electron chi connectivity index (χ1n) is 6.05. The molecule has 92 valence electrons. The van der Waals surface area contributed by atoms with Gasteiger partial charge in [0.05, 0.1) is 6.20 Å². The molecule has 2 N–H and O–H groups in total. The average molecular weight is 225 g/mol. The molecule has 4 nitrogen and oxygen atoms in total. The van der Waals surface area contributed by atoms with Gasteiger partial charge in [-0.3, -0.25) is 4.68 Å². The van der Waals surface area contributed by atoms with Gasteiger partial charge in [0.25, 0.3) is 0 Å². The van der Waals surface area contributed by atoms with Crippen LogP contribution in [0.25, 0.3) is 0 Å². The van der Waals surface area contributed by atoms with Crippen molar-refractivity contribution in [1.29, 1.82) is 0 Å². The summed E-state index contributed by atoms with van der Waals surface area (Å²) in [6, 6.07) is 0. The average Bonchev–Trinajstić information content (AvgIpc) is 2.69. The summed E-state index contributed by atoms with van der Waals surface area (Å²) in [6.07, 6.45) is 7.00. The first-order valence-corrected chi connectivity index (χ1v) is 6.05. The lowest BCUT2D eigenvalue weighted by Crippen LogP contribution is -2.25. The molecule has 4 heteroatoms. The fourth-order valence-electron chi connectivity index (χ4n) is 1.77. The number of hydrogen-bond donors (Lipinski definition) is 2. The number of aryl methyl sites for hydroxylation is 1. The van der Waals surface area contributed by atoms with Gasteiger partial charge in [-0.05, 0) is 37.4 Å². The molecule has 0 radical (unpaired) electrons. The first kappa shape index (κ1) is 13.2. The SMILES string of the molecule is CCC(CCO)CNCCc1cnn(C)c1. The molecule has 0 aliphatic carbocycles. The monoisotopic (exact) mass is 225 g/mol. The minimum atomic E-state index is 0.294. The molecule has 0 aromatic carbocycles. The molecule has 1 aromatic heterocycles. The predicted molar refractivity (Wildman–Crippen MR) is 65.3 cm³/mol. The molecule has 1 atom stereocenters. The number of aliphatic hydroxyl groups is 1. The summed E-state index contributed by atoms with van der Waals surface area (Å²) >= 11 is 0. The van der Waals surface area contributed by atoms with Crippen LogP contribution in [0.4, 0.5) is 0 Å². The summed E-state index contributed by atoms with van der Waals surface area (Å²) in [5.41, 5.74) is 1.27. The molecule has 0 aliphatic heterocycles. The summed E-state index contributed by atoms with van der Waals surface area (Å²) in [5.74, 6) is 0.596. The number of nitrogens with one attached hydrogen (secondary N) is 1. The molecule has 1 heterocycles. The lowest BCUT2D eigenvalue weighted by Gasteiger charge is -2.13. The van der Waals surface area contributed by atoms with Crippen LogP contribution in [0, 0.1) is 5.92 Å². The lowest BCUT2D eigenvalue weighted by atomic mass is 10.0. The van der Waals surface area contributed by atoms with Crippen molar-refractivity contribution < 1.29 is 5.11 Å². The standard InChI is InChI=1S/C12H23N3O/c1-3-11(5-7-16)8-13-6-4-12-9-14-15(2)10-12/h9-11,13,16H,3-8H2,1-2H3. The van der Waals surface area contributed by atoms with Gasteiger partial charge in [0.1, 0.15) is 0 Å². The summed E-state index contributed by atoms with van der Waals surface area (Å²) < 4.78 is 1.83. The Morgan fingerprint density at radius 2 is 2.38 bits per heavy atom. The summed E-state index contributed by atoms with van der Waals surface area (Å²) in [5, 5.41) is 16.4. The van der Waals surface area contributed by atoms with Gasteiger partial charge >= 0.3 is 0 Å². The van der Waals surface area contributed by atoms with E-state index in [0.29, 0.717) is 12.5 Å². The van der Waals surface area contributed by atoms with Crippen molar-refractivity contribution in [3.8, 4) is 0 Å². The van der Waals surface area contributed by atoms with Gasteiger partial charge in [-0.2, -0.15) is 5.10 Å². The van der Waals surface area contributed by atoms with Crippen molar-refractivity contribution >= 4 is 0 Å². The first-order chi connectivity index (χ1) is 7.76. The maximum atomic E-state index is 8.87. The fourth-order valence-corrected chi connectivity index (χ4v) is 1.77. The maximum Gasteiger partial charge on any atom is 0.0522 e. The minimum Gasteiger partial charge on any atom is -0.396 e. The Kier molecular flexibility index (Phi) is 6.11. The molecular formula is C12H23N3O. The van der Waals surface area contributed by atoms with Crippen LogP contribution in [0.1, 0.15) is 25.3 Å². The smallest absolute Gasteiger partial charge is 0.0522 e. The highest BCUT2D eigenvalue weighted by Gasteiger charge is 2.04. The van der Waals surface area contributed by atoms with Crippen molar-refractivity contribution in [3.05, 3.63) is 18.0 Å². The zero-order chi connectivity index (χ0) is 11.8. The van der Waals surface area contributed by atoms with E-state index in [0.717, 1.165) is 32.4 Å². The fraction of sp³-hybridized carbons (Fsp3) is 0.750. The largest absolute Gasteiger partial charge is 0.396 e. The van der Waals surface area contributed by atoms with Gasteiger partial charge in [0, 0.05) is 19.9 Å². The normalized spacial score (nSPS) is 12.9. The molecule has 0 aliphatic rings. The molecule has 1 unspecified atom stereocenters. The maximum absolute atomic E-state index is 8.87. The molecule has 0 saturated heterocycles. The topological polar surface area (TPSA) is 50.1 Å². The summed E-state index contributed by atoms with van der Waals surface area (Å²) in [4.78, 5) is 0. The van der Waals surface area contributed by atoms with E-state index < -0.39 is 0 Å². The van der Waals surface area contributed by atoms with E-state index in [-0.39, 0.29) is 0 Å². The Morgan fingerprint density at radius 3 is 2.94 bits per heavy atom. The molecule has 0 saturated carbocycles. The zero-order valence-corrected chi connectivity index (χ0v) is 10.3. The highest BCUT2D eigenvalue weighted by molar-refractivity contribution is 5.03. The minimum absolute atomic E-state index is 0.294. The zero-order valence-electron chi connectivity index (χ0n) is 10.3. The number of aliphatic hydroxyl groups excluding tert-OH is 1. The van der Waals surface area contributed by atoms with E-state index in [2.05, 4.69) is 17.3 Å². The second-order valence-electron chi connectivity index (χ2n) is 4.26. The van der Waals surface area contributed by atoms with E-state index in [9.17, 15) is 0 Å². The van der Waals surface area contributed by atoms with Crippen LogP contribution < -0.4 is 5.32 Å². The second-order valence-corrected chi connectivity index (χ2v) is 4.26. The van der Waals surface area contributed by atoms with Crippen LogP contribution in [-0.4, -0.2) is 34.6 Å². The molecule has 1 aromatic rings. The van der Waals surface area contributed by atoms with Crippen LogP contribution in [0.3, 0.4) is 0 Å². The molecule has 0 bridgehead atoms. The molecule has 0 fully saturated rings. The third kappa shape index (κ3) is 4.77. The number of rotatable bonds is 8. The number of hydrogen-bond acceptors (Lipinski definition) is 3. The highest BCUT2D eigenvalue weighted by atomic mass is 16.3. The predicted octanol–water partition coefficient (Wildman–Crippen LogP) is 0.961. The molecule has 16 heavy (non-hydrogen) atoms. The van der Waals surface area contributed by atoms with Gasteiger partial charge < -0.3 is 10.4 Å². The Morgan fingerprint density at radius 1 is 1.56 bits per heavy atom. The Bertz CT molecular complexity index is 286. The molecular weight excluding hydrogens is 202 g/mol. The van der Waals surface area contributed by atoms with E-state index in [1.54, 1.807) is 0 Å². The highest BCUT2D eigenvalue weighted by Crippen LogP contribution is 2.05. The van der Waals surface area contributed by atoms with Crippen LogP contribution >= 0.6 is 0 Å². The quantitative estimate of drug-likeness (QED) is 0.648. The van der Waals surface area contributed by atoms with E-state index in [1.807, 2.05) is 24.1 Å². The van der Waals surface area contributed by atoms with Crippen molar-refractivity contribution in [1.82, 2.24) is 15.1 Å². The van der Waals surface area contributed by atoms with Gasteiger partial charge in [-0.1, -0.05) is 13.3 Å². The van der Waals surface area contributed by atoms with Crippen molar-refractivity contribution in [2.75, 3.05) is 19.7 Å². The number of aromatic nitrogens is 2. The number of nitrogens with zero attached hydrogens (tertiary/aromatic N) is 2. The second kappa shape index (κ2) is 7.41. The lowest BCUT2D eigenvalue weighted by molar-refractivity contribution is 0.251. The third-order valence-corrected chi connectivity index (χ3v) is 2.90. The van der Waals surface area contributed by atoms with Gasteiger partial charge in [0.2, 0.25) is 0 Å². The van der Waals surface area contributed by atoms with Gasteiger partial charge in [-0.15, -0.1) is 0 Å². The third-order valence-electron chi connectivity index (χ3n) is 2.90. The van der Waals surface area contributed by atoms with Gasteiger partial charge in [-0.25, -0.2) is 0 Å². The van der Waals surface area contributed by atoms with Crippen molar-refractivity contribution in [3.63, 3.8) is 0 Å². The van der Waals surface area contributed by atoms with E-state index >= 15 is 0 Å². The van der Waals surface area contributed by atoms with E-state index in [4.69, 9.17) is 5.11 Å². The molecule has 0 spiro atoms. The Balaban J connectivity index is 2.11. The van der Waals surface area contributed by atoms with Crippen LogP contribution in [0.2, 0.25) is 0 Å². The Hall–Kier alpha value is -0.870. The van der Waals surface area contributed by atoms with Crippen LogP contribution in [0.15, 0.2) is 12.4 Å². The summed E-state index contributed by atoms with van der Waals surface area (Å²) in [6.45, 7) is 4.44. The van der Waals surface area contributed by atoms with Crippen molar-refractivity contribution in [2.45, 2.75) is 26.2 Å². The molecule has 1 rings (SSSR count). The molecule has 0 amide bonds. The van der Waals surface area contributed by atoms with Crippen LogP contribution in [0.5, 0.6) is 0 Å².